The summed E-state index contributed by atoms with van der Waals surface area (Å²) in [7, 11) is 0. The molecule has 3 aliphatic carbocycles. The second-order valence-electron chi connectivity index (χ2n) is 9.73. The predicted molar refractivity (Wildman–Crippen MR) is 112 cm³/mol. The lowest BCUT2D eigenvalue weighted by molar-refractivity contribution is -0.177. The first-order chi connectivity index (χ1) is 14.2. The SMILES string of the molecule is CCO[C@@H]1OC(C(=O)NC2CC3CCC2C3)=C[C@H](C2CCCCC2)[C@H]1CCCO. The molecule has 2 bridgehead atoms. The lowest BCUT2D eigenvalue weighted by Gasteiger charge is -2.41. The lowest BCUT2D eigenvalue weighted by Crippen LogP contribution is -2.45. The molecule has 0 aromatic heterocycles. The molecule has 0 radical (unpaired) electrons. The average molecular weight is 406 g/mol. The number of aliphatic hydroxyl groups is 1. The van der Waals surface area contributed by atoms with Gasteiger partial charge in [0.2, 0.25) is 6.29 Å². The van der Waals surface area contributed by atoms with E-state index >= 15 is 0 Å². The summed E-state index contributed by atoms with van der Waals surface area (Å²) < 4.78 is 12.1. The largest absolute Gasteiger partial charge is 0.459 e. The molecule has 5 heteroatoms. The highest BCUT2D eigenvalue weighted by Crippen LogP contribution is 2.45. The number of fused-ring (bicyclic) bond motifs is 2. The monoisotopic (exact) mass is 405 g/mol. The summed E-state index contributed by atoms with van der Waals surface area (Å²) in [5.74, 6) is 2.99. The molecule has 4 aliphatic rings. The van der Waals surface area contributed by atoms with Gasteiger partial charge in [0.25, 0.3) is 5.91 Å². The van der Waals surface area contributed by atoms with Gasteiger partial charge in [-0.25, -0.2) is 0 Å². The Labute approximate surface area is 175 Å². The van der Waals surface area contributed by atoms with Gasteiger partial charge in [-0.15, -0.1) is 0 Å². The van der Waals surface area contributed by atoms with Crippen molar-refractivity contribution in [2.24, 2.45) is 29.6 Å². The average Bonchev–Trinajstić information content (AvgIpc) is 3.36. The molecule has 29 heavy (non-hydrogen) atoms. The fourth-order valence-electron chi connectivity index (χ4n) is 6.50. The molecule has 0 aromatic rings. The molecule has 3 fully saturated rings. The van der Waals surface area contributed by atoms with Gasteiger partial charge >= 0.3 is 0 Å². The Balaban J connectivity index is 1.51. The van der Waals surface area contributed by atoms with Crippen LogP contribution in [0.1, 0.15) is 77.6 Å². The van der Waals surface area contributed by atoms with Crippen LogP contribution in [0.15, 0.2) is 11.8 Å². The topological polar surface area (TPSA) is 67.8 Å². The van der Waals surface area contributed by atoms with Crippen molar-refractivity contribution in [3.63, 3.8) is 0 Å². The molecule has 6 atom stereocenters. The molecule has 0 aromatic carbocycles. The molecule has 0 spiro atoms. The third-order valence-electron chi connectivity index (χ3n) is 7.93. The van der Waals surface area contributed by atoms with Gasteiger partial charge in [-0.1, -0.05) is 25.7 Å². The smallest absolute Gasteiger partial charge is 0.286 e. The second kappa shape index (κ2) is 9.82. The van der Waals surface area contributed by atoms with Gasteiger partial charge < -0.3 is 19.9 Å². The minimum atomic E-state index is -0.385. The number of nitrogens with one attached hydrogen (secondary N) is 1. The molecule has 1 amide bonds. The van der Waals surface area contributed by atoms with Crippen molar-refractivity contribution >= 4 is 5.91 Å². The number of aliphatic hydroxyl groups excluding tert-OH is 1. The highest BCUT2D eigenvalue weighted by Gasteiger charge is 2.43. The van der Waals surface area contributed by atoms with Gasteiger partial charge in [0.05, 0.1) is 0 Å². The van der Waals surface area contributed by atoms with Crippen LogP contribution in [0.2, 0.25) is 0 Å². The van der Waals surface area contributed by atoms with Crippen LogP contribution in [0.4, 0.5) is 0 Å². The number of hydrogen-bond acceptors (Lipinski definition) is 4. The molecule has 4 rings (SSSR count). The standard InChI is InChI=1S/C24H39NO4/c1-2-28-24-19(9-6-12-26)20(17-7-4-3-5-8-17)15-22(29-24)23(27)25-21-14-16-10-11-18(21)13-16/h15-21,24,26H,2-14H2,1H3,(H,25,27)/t16?,18?,19-,20-,21?,24-/m1/s1. The van der Waals surface area contributed by atoms with Gasteiger partial charge in [-0.3, -0.25) is 4.79 Å². The Morgan fingerprint density at radius 3 is 2.66 bits per heavy atom. The molecule has 0 saturated heterocycles. The number of allylic oxidation sites excluding steroid dienone is 1. The van der Waals surface area contributed by atoms with Gasteiger partial charge in [-0.2, -0.15) is 0 Å². The van der Waals surface area contributed by atoms with Gasteiger partial charge in [0.1, 0.15) is 0 Å². The molecule has 2 N–H and O–H groups in total. The van der Waals surface area contributed by atoms with Crippen molar-refractivity contribution in [1.82, 2.24) is 5.32 Å². The quantitative estimate of drug-likeness (QED) is 0.636. The number of rotatable bonds is 8. The van der Waals surface area contributed by atoms with E-state index in [9.17, 15) is 9.90 Å². The number of amides is 1. The normalized spacial score (nSPS) is 37.2. The first-order valence-corrected chi connectivity index (χ1v) is 12.1. The predicted octanol–water partition coefficient (Wildman–Crippen LogP) is 4.15. The molecular weight excluding hydrogens is 366 g/mol. The van der Waals surface area contributed by atoms with Crippen molar-refractivity contribution in [2.45, 2.75) is 89.9 Å². The number of carbonyl (C=O) groups is 1. The molecule has 3 unspecified atom stereocenters. The number of hydrogen-bond donors (Lipinski definition) is 2. The van der Waals surface area contributed by atoms with E-state index in [-0.39, 0.29) is 24.7 Å². The summed E-state index contributed by atoms with van der Waals surface area (Å²) >= 11 is 0. The Bertz CT molecular complexity index is 585. The Kier molecular flexibility index (Phi) is 7.17. The van der Waals surface area contributed by atoms with Crippen LogP contribution in [0.5, 0.6) is 0 Å². The molecular formula is C24H39NO4. The third-order valence-corrected chi connectivity index (χ3v) is 7.93. The van der Waals surface area contributed by atoms with E-state index in [1.165, 1.54) is 51.4 Å². The van der Waals surface area contributed by atoms with Crippen LogP contribution in [0.3, 0.4) is 0 Å². The Morgan fingerprint density at radius 1 is 1.17 bits per heavy atom. The van der Waals surface area contributed by atoms with Gasteiger partial charge in [0, 0.05) is 25.2 Å². The van der Waals surface area contributed by atoms with Crippen LogP contribution >= 0.6 is 0 Å². The summed E-state index contributed by atoms with van der Waals surface area (Å²) in [4.78, 5) is 13.1. The minimum absolute atomic E-state index is 0.0475. The zero-order chi connectivity index (χ0) is 20.2. The van der Waals surface area contributed by atoms with E-state index in [0.29, 0.717) is 36.2 Å². The number of carbonyl (C=O) groups excluding carboxylic acids is 1. The van der Waals surface area contributed by atoms with E-state index in [4.69, 9.17) is 9.47 Å². The number of ether oxygens (including phenoxy) is 2. The van der Waals surface area contributed by atoms with E-state index in [1.807, 2.05) is 6.92 Å². The fraction of sp³-hybridized carbons (Fsp3) is 0.875. The highest BCUT2D eigenvalue weighted by molar-refractivity contribution is 5.91. The Hall–Kier alpha value is -1.07. The van der Waals surface area contributed by atoms with Crippen molar-refractivity contribution in [3.8, 4) is 0 Å². The Morgan fingerprint density at radius 2 is 2.00 bits per heavy atom. The molecule has 1 heterocycles. The molecule has 5 nitrogen and oxygen atoms in total. The van der Waals surface area contributed by atoms with Crippen LogP contribution in [0, 0.1) is 29.6 Å². The molecule has 1 aliphatic heterocycles. The van der Waals surface area contributed by atoms with Crippen LogP contribution in [-0.4, -0.2) is 36.6 Å². The van der Waals surface area contributed by atoms with Crippen LogP contribution < -0.4 is 5.32 Å². The maximum Gasteiger partial charge on any atom is 0.286 e. The van der Waals surface area contributed by atoms with Gasteiger partial charge in [-0.05, 0) is 81.6 Å². The van der Waals surface area contributed by atoms with Crippen LogP contribution in [-0.2, 0) is 14.3 Å². The molecule has 164 valence electrons. The van der Waals surface area contributed by atoms with Gasteiger partial charge in [0.15, 0.2) is 5.76 Å². The van der Waals surface area contributed by atoms with E-state index in [1.54, 1.807) is 0 Å². The summed E-state index contributed by atoms with van der Waals surface area (Å²) in [5.41, 5.74) is 0. The van der Waals surface area contributed by atoms with Crippen LogP contribution in [0.25, 0.3) is 0 Å². The summed E-state index contributed by atoms with van der Waals surface area (Å²) in [6, 6.07) is 0.316. The fourth-order valence-corrected chi connectivity index (χ4v) is 6.50. The zero-order valence-electron chi connectivity index (χ0n) is 18.0. The van der Waals surface area contributed by atoms with Crippen molar-refractivity contribution in [3.05, 3.63) is 11.8 Å². The maximum atomic E-state index is 13.1. The maximum absolute atomic E-state index is 13.1. The summed E-state index contributed by atoms with van der Waals surface area (Å²) in [6.07, 6.45) is 14.7. The molecule has 3 saturated carbocycles. The zero-order valence-corrected chi connectivity index (χ0v) is 18.0. The first kappa shape index (κ1) is 21.2. The minimum Gasteiger partial charge on any atom is -0.459 e. The van der Waals surface area contributed by atoms with Crippen molar-refractivity contribution in [2.75, 3.05) is 13.2 Å². The van der Waals surface area contributed by atoms with Crippen molar-refractivity contribution in [1.29, 1.82) is 0 Å². The summed E-state index contributed by atoms with van der Waals surface area (Å²) in [5, 5.41) is 12.7. The third kappa shape index (κ3) is 4.82. The van der Waals surface area contributed by atoms with E-state index in [0.717, 1.165) is 25.2 Å². The first-order valence-electron chi connectivity index (χ1n) is 12.1. The van der Waals surface area contributed by atoms with E-state index in [2.05, 4.69) is 11.4 Å². The lowest BCUT2D eigenvalue weighted by atomic mass is 9.71. The highest BCUT2D eigenvalue weighted by atomic mass is 16.7. The second-order valence-corrected chi connectivity index (χ2v) is 9.73. The summed E-state index contributed by atoms with van der Waals surface area (Å²) in [6.45, 7) is 2.74. The van der Waals surface area contributed by atoms with E-state index < -0.39 is 0 Å². The van der Waals surface area contributed by atoms with Crippen molar-refractivity contribution < 1.29 is 19.4 Å².